The van der Waals surface area contributed by atoms with Gasteiger partial charge in [0.15, 0.2) is 0 Å². The summed E-state index contributed by atoms with van der Waals surface area (Å²) in [6.45, 7) is 0. The Hall–Kier alpha value is -2.19. The van der Waals surface area contributed by atoms with E-state index in [4.69, 9.17) is 0 Å². The van der Waals surface area contributed by atoms with Crippen LogP contribution in [0.25, 0.3) is 0 Å². The van der Waals surface area contributed by atoms with Gasteiger partial charge in [0.1, 0.15) is 13.9 Å². The highest BCUT2D eigenvalue weighted by molar-refractivity contribution is 7.02. The van der Waals surface area contributed by atoms with Gasteiger partial charge < -0.3 is 0 Å². The Labute approximate surface area is 163 Å². The molecule has 0 N–H and O–H groups in total. The van der Waals surface area contributed by atoms with Crippen molar-refractivity contribution in [3.05, 3.63) is 96.3 Å². The lowest BCUT2D eigenvalue weighted by Gasteiger charge is -2.39. The van der Waals surface area contributed by atoms with Crippen LogP contribution in [0.5, 0.6) is 0 Å². The quantitative estimate of drug-likeness (QED) is 0.522. The van der Waals surface area contributed by atoms with Gasteiger partial charge in [0.05, 0.1) is 0 Å². The summed E-state index contributed by atoms with van der Waals surface area (Å²) in [5.41, 5.74) is 0.873. The van der Waals surface area contributed by atoms with Crippen molar-refractivity contribution < 1.29 is 4.39 Å². The van der Waals surface area contributed by atoms with Crippen LogP contribution in [-0.2, 0) is 6.42 Å². The second-order valence-corrected chi connectivity index (χ2v) is 12.2. The van der Waals surface area contributed by atoms with E-state index in [1.165, 1.54) is 24.9 Å². The molecule has 1 heterocycles. The van der Waals surface area contributed by atoms with E-state index in [1.807, 2.05) is 12.1 Å². The zero-order chi connectivity index (χ0) is 18.5. The molecule has 0 aliphatic carbocycles. The molecule has 0 bridgehead atoms. The van der Waals surface area contributed by atoms with Crippen LogP contribution in [-0.4, -0.2) is 8.07 Å². The second-order valence-electron chi connectivity index (χ2n) is 7.89. The molecule has 2 heteroatoms. The minimum Gasteiger partial charge on any atom is -0.207 e. The molecular formula is C25H27FSi. The normalized spacial score (nSPS) is 16.9. The smallest absolute Gasteiger partial charge is 0.126 e. The Morgan fingerprint density at radius 2 is 1.22 bits per heavy atom. The molecule has 0 aromatic heterocycles. The summed E-state index contributed by atoms with van der Waals surface area (Å²) in [5, 5.41) is 3.15. The molecule has 1 saturated heterocycles. The summed E-state index contributed by atoms with van der Waals surface area (Å²) in [6, 6.07) is 32.3. The van der Waals surface area contributed by atoms with Crippen molar-refractivity contribution >= 4 is 18.4 Å². The predicted octanol–water partition coefficient (Wildman–Crippen LogP) is 5.43. The van der Waals surface area contributed by atoms with Crippen LogP contribution < -0.4 is 10.4 Å². The monoisotopic (exact) mass is 374 g/mol. The molecule has 0 atom stereocenters. The molecule has 0 amide bonds. The second kappa shape index (κ2) is 8.22. The Bertz CT molecular complexity index is 810. The molecule has 0 spiro atoms. The standard InChI is InChI=1S/C25H27FSi/c26-25-14-8-7-9-22(25)16-15-21-17-19-27(20-18-21,23-10-3-1-4-11-23)24-12-5-2-6-13-24/h1-14,21H,15-20H2. The lowest BCUT2D eigenvalue weighted by molar-refractivity contribution is 0.433. The van der Waals surface area contributed by atoms with Gasteiger partial charge in [0, 0.05) is 0 Å². The van der Waals surface area contributed by atoms with Crippen molar-refractivity contribution in [3.63, 3.8) is 0 Å². The zero-order valence-corrected chi connectivity index (χ0v) is 16.8. The third-order valence-electron chi connectivity index (χ3n) is 6.39. The Balaban J connectivity index is 1.50. The highest BCUT2D eigenvalue weighted by atomic mass is 28.3. The van der Waals surface area contributed by atoms with Crippen molar-refractivity contribution in [1.29, 1.82) is 0 Å². The first-order valence-electron chi connectivity index (χ1n) is 10.1. The number of rotatable bonds is 5. The summed E-state index contributed by atoms with van der Waals surface area (Å²) < 4.78 is 13.9. The summed E-state index contributed by atoms with van der Waals surface area (Å²) in [6.07, 6.45) is 4.51. The Morgan fingerprint density at radius 1 is 0.704 bits per heavy atom. The first-order valence-corrected chi connectivity index (χ1v) is 12.5. The fraction of sp³-hybridized carbons (Fsp3) is 0.280. The number of halogens is 1. The molecule has 0 saturated carbocycles. The van der Waals surface area contributed by atoms with Crippen molar-refractivity contribution in [1.82, 2.24) is 0 Å². The first-order chi connectivity index (χ1) is 13.3. The Kier molecular flexibility index (Phi) is 5.54. The van der Waals surface area contributed by atoms with E-state index >= 15 is 0 Å². The van der Waals surface area contributed by atoms with Crippen LogP contribution in [0.1, 0.15) is 24.8 Å². The maximum Gasteiger partial charge on any atom is 0.126 e. The van der Waals surface area contributed by atoms with Crippen molar-refractivity contribution in [3.8, 4) is 0 Å². The van der Waals surface area contributed by atoms with E-state index in [-0.39, 0.29) is 5.82 Å². The molecule has 1 aliphatic heterocycles. The summed E-state index contributed by atoms with van der Waals surface area (Å²) in [4.78, 5) is 0. The molecule has 0 unspecified atom stereocenters. The van der Waals surface area contributed by atoms with E-state index in [1.54, 1.807) is 22.5 Å². The molecule has 3 aromatic carbocycles. The van der Waals surface area contributed by atoms with Gasteiger partial charge in [0.2, 0.25) is 0 Å². The van der Waals surface area contributed by atoms with Crippen molar-refractivity contribution in [2.75, 3.05) is 0 Å². The molecule has 27 heavy (non-hydrogen) atoms. The molecule has 0 nitrogen and oxygen atoms in total. The van der Waals surface area contributed by atoms with Crippen LogP contribution in [0.4, 0.5) is 4.39 Å². The molecule has 138 valence electrons. The average molecular weight is 375 g/mol. The van der Waals surface area contributed by atoms with E-state index in [9.17, 15) is 4.39 Å². The highest BCUT2D eigenvalue weighted by Crippen LogP contribution is 2.35. The topological polar surface area (TPSA) is 0 Å². The minimum atomic E-state index is -1.67. The summed E-state index contributed by atoms with van der Waals surface area (Å²) >= 11 is 0. The number of hydrogen-bond donors (Lipinski definition) is 0. The molecule has 3 aromatic rings. The van der Waals surface area contributed by atoms with E-state index in [0.717, 1.165) is 24.3 Å². The van der Waals surface area contributed by atoms with Crippen LogP contribution in [0.15, 0.2) is 84.9 Å². The van der Waals surface area contributed by atoms with Gasteiger partial charge in [-0.15, -0.1) is 0 Å². The molecule has 4 rings (SSSR count). The van der Waals surface area contributed by atoms with Gasteiger partial charge in [-0.2, -0.15) is 0 Å². The number of hydrogen-bond acceptors (Lipinski definition) is 0. The SMILES string of the molecule is Fc1ccccc1CCC1CC[Si](c2ccccc2)(c2ccccc2)CC1. The lowest BCUT2D eigenvalue weighted by atomic mass is 9.94. The van der Waals surface area contributed by atoms with Gasteiger partial charge in [-0.25, -0.2) is 4.39 Å². The maximum absolute atomic E-state index is 13.9. The third kappa shape index (κ3) is 3.91. The predicted molar refractivity (Wildman–Crippen MR) is 115 cm³/mol. The minimum absolute atomic E-state index is 0.0504. The number of aryl methyl sites for hydroxylation is 1. The van der Waals surface area contributed by atoms with Gasteiger partial charge in [0.25, 0.3) is 0 Å². The van der Waals surface area contributed by atoms with Gasteiger partial charge in [-0.1, -0.05) is 102 Å². The Morgan fingerprint density at radius 3 is 1.78 bits per heavy atom. The third-order valence-corrected chi connectivity index (χ3v) is 11.6. The average Bonchev–Trinajstić information content (AvgIpc) is 2.75. The van der Waals surface area contributed by atoms with Crippen LogP contribution in [0.2, 0.25) is 12.1 Å². The maximum atomic E-state index is 13.9. The largest absolute Gasteiger partial charge is 0.207 e. The van der Waals surface area contributed by atoms with Crippen LogP contribution >= 0.6 is 0 Å². The first kappa shape index (κ1) is 18.2. The van der Waals surface area contributed by atoms with Gasteiger partial charge in [-0.3, -0.25) is 0 Å². The molecule has 1 fully saturated rings. The van der Waals surface area contributed by atoms with Crippen LogP contribution in [0.3, 0.4) is 0 Å². The summed E-state index contributed by atoms with van der Waals surface area (Å²) in [7, 11) is -1.67. The molecule has 1 aliphatic rings. The van der Waals surface area contributed by atoms with Gasteiger partial charge in [-0.05, 0) is 42.5 Å². The van der Waals surface area contributed by atoms with Crippen molar-refractivity contribution in [2.24, 2.45) is 5.92 Å². The zero-order valence-electron chi connectivity index (χ0n) is 15.8. The highest BCUT2D eigenvalue weighted by Gasteiger charge is 2.40. The fourth-order valence-corrected chi connectivity index (χ4v) is 9.98. The summed E-state index contributed by atoms with van der Waals surface area (Å²) in [5.74, 6) is 0.670. The fourth-order valence-electron chi connectivity index (χ4n) is 4.78. The molecule has 0 radical (unpaired) electrons. The van der Waals surface area contributed by atoms with E-state index < -0.39 is 8.07 Å². The van der Waals surface area contributed by atoms with E-state index in [0.29, 0.717) is 0 Å². The van der Waals surface area contributed by atoms with Crippen LogP contribution in [0, 0.1) is 11.7 Å². The molecular weight excluding hydrogens is 347 g/mol. The lowest BCUT2D eigenvalue weighted by Crippen LogP contribution is -2.59. The van der Waals surface area contributed by atoms with E-state index in [2.05, 4.69) is 60.7 Å². The van der Waals surface area contributed by atoms with Gasteiger partial charge >= 0.3 is 0 Å². The van der Waals surface area contributed by atoms with Crippen molar-refractivity contribution in [2.45, 2.75) is 37.8 Å². The number of benzene rings is 3.